The maximum atomic E-state index is 11.6. The summed E-state index contributed by atoms with van der Waals surface area (Å²) >= 11 is 1.77. The van der Waals surface area contributed by atoms with Crippen molar-refractivity contribution < 1.29 is 28.5 Å². The molecule has 0 aliphatic rings. The molecule has 0 rings (SSSR count). The fourth-order valence-corrected chi connectivity index (χ4v) is 2.37. The van der Waals surface area contributed by atoms with Crippen molar-refractivity contribution in [3.8, 4) is 0 Å². The van der Waals surface area contributed by atoms with Gasteiger partial charge in [0.2, 0.25) is 11.8 Å². The van der Waals surface area contributed by atoms with E-state index in [1.807, 2.05) is 6.92 Å². The minimum atomic E-state index is 0.00205. The van der Waals surface area contributed by atoms with Crippen molar-refractivity contribution in [1.29, 1.82) is 0 Å². The average molecular weight is 423 g/mol. The van der Waals surface area contributed by atoms with Crippen LogP contribution in [-0.4, -0.2) is 89.3 Å². The van der Waals surface area contributed by atoms with Crippen molar-refractivity contribution in [1.82, 2.24) is 10.6 Å². The molecule has 9 heteroatoms. The Morgan fingerprint density at radius 2 is 1.29 bits per heavy atom. The predicted molar refractivity (Wildman–Crippen MR) is 112 cm³/mol. The quantitative estimate of drug-likeness (QED) is 0.285. The Morgan fingerprint density at radius 3 is 1.82 bits per heavy atom. The van der Waals surface area contributed by atoms with E-state index >= 15 is 0 Å². The highest BCUT2D eigenvalue weighted by Gasteiger charge is 2.04. The molecule has 0 saturated heterocycles. The second-order valence-corrected chi connectivity index (χ2v) is 7.36. The van der Waals surface area contributed by atoms with Crippen LogP contribution >= 0.6 is 11.8 Å². The molecule has 1 atom stereocenters. The summed E-state index contributed by atoms with van der Waals surface area (Å²) in [6, 6.07) is 0. The van der Waals surface area contributed by atoms with E-state index in [9.17, 15) is 9.59 Å². The molecule has 0 heterocycles. The molecule has 0 bridgehead atoms. The Bertz CT molecular complexity index is 387. The lowest BCUT2D eigenvalue weighted by Crippen LogP contribution is -2.28. The predicted octanol–water partition coefficient (Wildman–Crippen LogP) is 1.23. The number of carbonyl (C=O) groups excluding carboxylic acids is 2. The molecule has 0 aromatic rings. The topological polar surface area (TPSA) is 95.1 Å². The summed E-state index contributed by atoms with van der Waals surface area (Å²) < 4.78 is 21.5. The third-order valence-electron chi connectivity index (χ3n) is 3.71. The number of rotatable bonds is 20. The van der Waals surface area contributed by atoms with Crippen molar-refractivity contribution in [2.75, 3.05) is 72.2 Å². The van der Waals surface area contributed by atoms with E-state index in [-0.39, 0.29) is 11.8 Å². The highest BCUT2D eigenvalue weighted by atomic mass is 32.2. The summed E-state index contributed by atoms with van der Waals surface area (Å²) in [6.45, 7) is 8.96. The molecule has 1 unspecified atom stereocenters. The molecule has 0 aromatic heterocycles. The Balaban J connectivity index is 3.18. The molecule has 2 amide bonds. The molecule has 0 fully saturated rings. The second-order valence-electron chi connectivity index (χ2n) is 6.09. The standard InChI is InChI=1S/C19H38N2O6S/c1-4-20-19(23)7-9-24-11-13-26-15-16-27-14-12-25-10-8-21-18(22)6-5-17(2)28-3/h17H,4-16H2,1-3H3,(H,20,23)(H,21,22). The summed E-state index contributed by atoms with van der Waals surface area (Å²) in [5.41, 5.74) is 0. The second kappa shape index (κ2) is 20.9. The Labute approximate surface area is 173 Å². The van der Waals surface area contributed by atoms with E-state index in [0.717, 1.165) is 6.42 Å². The highest BCUT2D eigenvalue weighted by Crippen LogP contribution is 2.11. The number of ether oxygens (including phenoxy) is 4. The Hall–Kier alpha value is -0.870. The SMILES string of the molecule is CCNC(=O)CCOCCOCCOCCOCCNC(=O)CCC(C)SC. The first kappa shape index (κ1) is 27.1. The first-order valence-corrected chi connectivity index (χ1v) is 11.3. The van der Waals surface area contributed by atoms with Crippen LogP contribution in [0.1, 0.15) is 33.1 Å². The molecular weight excluding hydrogens is 384 g/mol. The zero-order valence-electron chi connectivity index (χ0n) is 17.6. The van der Waals surface area contributed by atoms with Gasteiger partial charge in [0.05, 0.1) is 52.9 Å². The first-order valence-electron chi connectivity index (χ1n) is 9.97. The van der Waals surface area contributed by atoms with Gasteiger partial charge < -0.3 is 29.6 Å². The van der Waals surface area contributed by atoms with E-state index in [4.69, 9.17) is 18.9 Å². The van der Waals surface area contributed by atoms with Crippen molar-refractivity contribution in [3.05, 3.63) is 0 Å². The molecule has 2 N–H and O–H groups in total. The van der Waals surface area contributed by atoms with Crippen molar-refractivity contribution in [2.45, 2.75) is 38.4 Å². The van der Waals surface area contributed by atoms with Crippen LogP contribution in [0.4, 0.5) is 0 Å². The Kier molecular flexibility index (Phi) is 20.2. The van der Waals surface area contributed by atoms with Gasteiger partial charge in [-0.25, -0.2) is 0 Å². The number of nitrogens with one attached hydrogen (secondary N) is 2. The molecule has 0 aromatic carbocycles. The minimum Gasteiger partial charge on any atom is -0.379 e. The number of thioether (sulfide) groups is 1. The van der Waals surface area contributed by atoms with E-state index in [1.54, 1.807) is 11.8 Å². The van der Waals surface area contributed by atoms with Crippen molar-refractivity contribution >= 4 is 23.6 Å². The molecule has 0 spiro atoms. The smallest absolute Gasteiger partial charge is 0.222 e. The van der Waals surface area contributed by atoms with E-state index in [0.29, 0.717) is 84.0 Å². The molecule has 166 valence electrons. The molecular formula is C19H38N2O6S. The molecule has 28 heavy (non-hydrogen) atoms. The maximum absolute atomic E-state index is 11.6. The lowest BCUT2D eigenvalue weighted by molar-refractivity contribution is -0.122. The number of amides is 2. The van der Waals surface area contributed by atoms with Crippen LogP contribution in [0, 0.1) is 0 Å². The maximum Gasteiger partial charge on any atom is 0.222 e. The summed E-state index contributed by atoms with van der Waals surface area (Å²) in [4.78, 5) is 22.8. The Morgan fingerprint density at radius 1 is 0.786 bits per heavy atom. The molecule has 0 aliphatic carbocycles. The number of carbonyl (C=O) groups is 2. The van der Waals surface area contributed by atoms with Gasteiger partial charge in [-0.2, -0.15) is 11.8 Å². The van der Waals surface area contributed by atoms with Crippen LogP contribution in [0.2, 0.25) is 0 Å². The van der Waals surface area contributed by atoms with Crippen molar-refractivity contribution in [2.24, 2.45) is 0 Å². The van der Waals surface area contributed by atoms with Crippen LogP contribution in [0.15, 0.2) is 0 Å². The van der Waals surface area contributed by atoms with Gasteiger partial charge in [0.15, 0.2) is 0 Å². The monoisotopic (exact) mass is 422 g/mol. The summed E-state index contributed by atoms with van der Waals surface area (Å²) in [5, 5.41) is 6.07. The number of hydrogen-bond acceptors (Lipinski definition) is 7. The normalized spacial score (nSPS) is 12.0. The third kappa shape index (κ3) is 19.9. The fraction of sp³-hybridized carbons (Fsp3) is 0.895. The van der Waals surface area contributed by atoms with E-state index < -0.39 is 0 Å². The summed E-state index contributed by atoms with van der Waals surface area (Å²) in [7, 11) is 0. The van der Waals surface area contributed by atoms with Crippen LogP contribution in [0.25, 0.3) is 0 Å². The molecule has 0 aliphatic heterocycles. The lowest BCUT2D eigenvalue weighted by Gasteiger charge is -2.09. The van der Waals surface area contributed by atoms with Gasteiger partial charge in [0, 0.05) is 31.2 Å². The number of hydrogen-bond donors (Lipinski definition) is 2. The van der Waals surface area contributed by atoms with Gasteiger partial charge >= 0.3 is 0 Å². The van der Waals surface area contributed by atoms with Gasteiger partial charge in [-0.05, 0) is 19.6 Å². The fourth-order valence-electron chi connectivity index (χ4n) is 2.02. The largest absolute Gasteiger partial charge is 0.379 e. The van der Waals surface area contributed by atoms with Gasteiger partial charge in [0.25, 0.3) is 0 Å². The molecule has 8 nitrogen and oxygen atoms in total. The van der Waals surface area contributed by atoms with Crippen LogP contribution in [0.5, 0.6) is 0 Å². The zero-order valence-corrected chi connectivity index (χ0v) is 18.4. The molecule has 0 radical (unpaired) electrons. The van der Waals surface area contributed by atoms with Gasteiger partial charge in [0.1, 0.15) is 0 Å². The van der Waals surface area contributed by atoms with Crippen LogP contribution in [-0.2, 0) is 28.5 Å². The lowest BCUT2D eigenvalue weighted by atomic mass is 10.2. The highest BCUT2D eigenvalue weighted by molar-refractivity contribution is 7.99. The van der Waals surface area contributed by atoms with E-state index in [2.05, 4.69) is 23.8 Å². The van der Waals surface area contributed by atoms with Crippen LogP contribution in [0.3, 0.4) is 0 Å². The minimum absolute atomic E-state index is 0.00205. The third-order valence-corrected chi connectivity index (χ3v) is 4.75. The van der Waals surface area contributed by atoms with Gasteiger partial charge in [-0.1, -0.05) is 6.92 Å². The first-order chi connectivity index (χ1) is 13.6. The summed E-state index contributed by atoms with van der Waals surface area (Å²) in [5.74, 6) is 0.0771. The van der Waals surface area contributed by atoms with Crippen molar-refractivity contribution in [3.63, 3.8) is 0 Å². The average Bonchev–Trinajstić information content (AvgIpc) is 2.69. The summed E-state index contributed by atoms with van der Waals surface area (Å²) in [6.07, 6.45) is 3.88. The van der Waals surface area contributed by atoms with Gasteiger partial charge in [-0.3, -0.25) is 9.59 Å². The van der Waals surface area contributed by atoms with Gasteiger partial charge in [-0.15, -0.1) is 0 Å². The van der Waals surface area contributed by atoms with E-state index in [1.165, 1.54) is 0 Å². The van der Waals surface area contributed by atoms with Crippen LogP contribution < -0.4 is 10.6 Å². The zero-order chi connectivity index (χ0) is 20.9. The molecule has 0 saturated carbocycles.